The fourth-order valence-electron chi connectivity index (χ4n) is 3.07. The van der Waals surface area contributed by atoms with Crippen molar-refractivity contribution in [3.63, 3.8) is 0 Å². The lowest BCUT2D eigenvalue weighted by Gasteiger charge is -2.32. The number of aromatic nitrogens is 5. The van der Waals surface area contributed by atoms with E-state index in [0.717, 1.165) is 25.2 Å². The van der Waals surface area contributed by atoms with E-state index in [1.807, 2.05) is 24.4 Å². The Labute approximate surface area is 150 Å². The number of amides is 1. The van der Waals surface area contributed by atoms with Crippen molar-refractivity contribution in [3.8, 4) is 5.82 Å². The van der Waals surface area contributed by atoms with Gasteiger partial charge in [-0.3, -0.25) is 4.79 Å². The van der Waals surface area contributed by atoms with Crippen LogP contribution in [0.3, 0.4) is 0 Å². The summed E-state index contributed by atoms with van der Waals surface area (Å²) in [5.74, 6) is 2.35. The van der Waals surface area contributed by atoms with Gasteiger partial charge in [0.15, 0.2) is 17.5 Å². The van der Waals surface area contributed by atoms with Gasteiger partial charge in [-0.25, -0.2) is 4.68 Å². The number of nitrogens with zero attached hydrogens (tertiary/aromatic N) is 6. The summed E-state index contributed by atoms with van der Waals surface area (Å²) in [7, 11) is 0. The molecular weight excluding hydrogens is 334 g/mol. The Morgan fingerprint density at radius 1 is 1.31 bits per heavy atom. The summed E-state index contributed by atoms with van der Waals surface area (Å²) in [5, 5.41) is 19.3. The van der Waals surface area contributed by atoms with Crippen LogP contribution in [0.25, 0.3) is 5.82 Å². The summed E-state index contributed by atoms with van der Waals surface area (Å²) in [6.45, 7) is 3.23. The number of carbonyl (C=O) groups is 1. The van der Waals surface area contributed by atoms with E-state index in [1.54, 1.807) is 23.9 Å². The summed E-state index contributed by atoms with van der Waals surface area (Å²) in [5.41, 5.74) is 0. The van der Waals surface area contributed by atoms with Crippen molar-refractivity contribution in [2.75, 3.05) is 23.3 Å². The maximum atomic E-state index is 12.5. The van der Waals surface area contributed by atoms with Gasteiger partial charge < -0.3 is 14.7 Å². The Morgan fingerprint density at radius 3 is 2.85 bits per heavy atom. The van der Waals surface area contributed by atoms with E-state index in [0.29, 0.717) is 23.9 Å². The van der Waals surface area contributed by atoms with E-state index in [9.17, 15) is 4.79 Å². The molecule has 0 bridgehead atoms. The van der Waals surface area contributed by atoms with Gasteiger partial charge in [-0.2, -0.15) is 5.10 Å². The highest BCUT2D eigenvalue weighted by Crippen LogP contribution is 2.23. The predicted octanol–water partition coefficient (Wildman–Crippen LogP) is 1.81. The summed E-state index contributed by atoms with van der Waals surface area (Å²) >= 11 is 0. The Balaban J connectivity index is 1.42. The van der Waals surface area contributed by atoms with Gasteiger partial charge in [-0.15, -0.1) is 10.2 Å². The maximum Gasteiger partial charge on any atom is 0.230 e. The minimum atomic E-state index is -0.131. The lowest BCUT2D eigenvalue weighted by molar-refractivity contribution is -0.120. The Morgan fingerprint density at radius 2 is 2.15 bits per heavy atom. The third kappa shape index (κ3) is 3.41. The second-order valence-corrected chi connectivity index (χ2v) is 6.30. The van der Waals surface area contributed by atoms with Crippen LogP contribution in [0.2, 0.25) is 0 Å². The minimum absolute atomic E-state index is 0.0517. The Hall–Kier alpha value is -3.23. The van der Waals surface area contributed by atoms with E-state index in [1.165, 1.54) is 0 Å². The molecule has 1 N–H and O–H groups in total. The van der Waals surface area contributed by atoms with Gasteiger partial charge in [-0.1, -0.05) is 5.16 Å². The molecule has 9 nitrogen and oxygen atoms in total. The number of hydrogen-bond donors (Lipinski definition) is 1. The fraction of sp³-hybridized carbons (Fsp3) is 0.353. The summed E-state index contributed by atoms with van der Waals surface area (Å²) in [6.07, 6.45) is 5.26. The molecule has 1 amide bonds. The number of aryl methyl sites for hydroxylation is 1. The first-order valence-electron chi connectivity index (χ1n) is 8.52. The number of carbonyl (C=O) groups excluding carboxylic acids is 1. The zero-order valence-electron chi connectivity index (χ0n) is 14.4. The van der Waals surface area contributed by atoms with Crippen LogP contribution >= 0.6 is 0 Å². The normalized spacial score (nSPS) is 17.3. The highest BCUT2D eigenvalue weighted by molar-refractivity contribution is 5.92. The van der Waals surface area contributed by atoms with Gasteiger partial charge in [0.25, 0.3) is 0 Å². The molecule has 0 radical (unpaired) electrons. The highest BCUT2D eigenvalue weighted by Gasteiger charge is 2.27. The zero-order chi connectivity index (χ0) is 17.9. The third-order valence-electron chi connectivity index (χ3n) is 4.37. The topological polar surface area (TPSA) is 102 Å². The number of anilines is 2. The van der Waals surface area contributed by atoms with Crippen LogP contribution in [-0.4, -0.2) is 44.1 Å². The van der Waals surface area contributed by atoms with Gasteiger partial charge in [0, 0.05) is 31.5 Å². The van der Waals surface area contributed by atoms with Crippen LogP contribution in [-0.2, 0) is 4.79 Å². The third-order valence-corrected chi connectivity index (χ3v) is 4.37. The van der Waals surface area contributed by atoms with Gasteiger partial charge in [0.2, 0.25) is 5.91 Å². The van der Waals surface area contributed by atoms with Crippen molar-refractivity contribution in [2.45, 2.75) is 19.8 Å². The van der Waals surface area contributed by atoms with Gasteiger partial charge >= 0.3 is 0 Å². The molecule has 4 heterocycles. The number of rotatable bonds is 4. The standard InChI is InChI=1S/C17H19N7O2/c1-12-10-14(22-26-12)19-17(25)13-4-2-8-23(11-13)15-5-6-16(21-20-15)24-9-3-7-18-24/h3,5-7,9-10,13H,2,4,8,11H2,1H3,(H,19,22,25). The number of hydrogen-bond acceptors (Lipinski definition) is 7. The second kappa shape index (κ2) is 6.95. The molecule has 3 aromatic heterocycles. The first-order valence-corrected chi connectivity index (χ1v) is 8.52. The fourth-order valence-corrected chi connectivity index (χ4v) is 3.07. The summed E-state index contributed by atoms with van der Waals surface area (Å²) in [4.78, 5) is 14.6. The van der Waals surface area contributed by atoms with E-state index in [4.69, 9.17) is 4.52 Å². The molecule has 1 unspecified atom stereocenters. The molecule has 1 saturated heterocycles. The monoisotopic (exact) mass is 353 g/mol. The van der Waals surface area contributed by atoms with Gasteiger partial charge in [-0.05, 0) is 38.0 Å². The van der Waals surface area contributed by atoms with Crippen LogP contribution in [0, 0.1) is 12.8 Å². The summed E-state index contributed by atoms with van der Waals surface area (Å²) in [6, 6.07) is 7.32. The maximum absolute atomic E-state index is 12.5. The van der Waals surface area contributed by atoms with Crippen molar-refractivity contribution in [2.24, 2.45) is 5.92 Å². The second-order valence-electron chi connectivity index (χ2n) is 6.30. The average molecular weight is 353 g/mol. The van der Waals surface area contributed by atoms with Crippen LogP contribution in [0.5, 0.6) is 0 Å². The van der Waals surface area contributed by atoms with Gasteiger partial charge in [0.1, 0.15) is 5.76 Å². The molecule has 0 spiro atoms. The molecule has 134 valence electrons. The largest absolute Gasteiger partial charge is 0.360 e. The first kappa shape index (κ1) is 16.2. The number of nitrogens with one attached hydrogen (secondary N) is 1. The van der Waals surface area contributed by atoms with Crippen molar-refractivity contribution in [3.05, 3.63) is 42.4 Å². The van der Waals surface area contributed by atoms with Crippen LogP contribution < -0.4 is 10.2 Å². The SMILES string of the molecule is Cc1cc(NC(=O)C2CCCN(c3ccc(-n4cccn4)nn3)C2)no1. The molecule has 1 fully saturated rings. The van der Waals surface area contributed by atoms with E-state index >= 15 is 0 Å². The first-order chi connectivity index (χ1) is 12.7. The molecule has 1 aliphatic rings. The Kier molecular flexibility index (Phi) is 4.34. The number of piperidine rings is 1. The molecule has 4 rings (SSSR count). The molecule has 26 heavy (non-hydrogen) atoms. The predicted molar refractivity (Wildman–Crippen MR) is 94.0 cm³/mol. The molecule has 0 aliphatic carbocycles. The summed E-state index contributed by atoms with van der Waals surface area (Å²) < 4.78 is 6.64. The smallest absolute Gasteiger partial charge is 0.230 e. The lowest BCUT2D eigenvalue weighted by atomic mass is 9.97. The van der Waals surface area contributed by atoms with Crippen LogP contribution in [0.4, 0.5) is 11.6 Å². The Bertz CT molecular complexity index is 873. The molecule has 1 aliphatic heterocycles. The molecule has 9 heteroatoms. The molecule has 0 saturated carbocycles. The quantitative estimate of drug-likeness (QED) is 0.763. The zero-order valence-corrected chi connectivity index (χ0v) is 14.4. The van der Waals surface area contributed by atoms with E-state index in [-0.39, 0.29) is 11.8 Å². The average Bonchev–Trinajstić information content (AvgIpc) is 3.34. The van der Waals surface area contributed by atoms with E-state index in [2.05, 4.69) is 30.7 Å². The minimum Gasteiger partial charge on any atom is -0.360 e. The van der Waals surface area contributed by atoms with Crippen molar-refractivity contribution >= 4 is 17.5 Å². The lowest BCUT2D eigenvalue weighted by Crippen LogP contribution is -2.41. The molecule has 1 atom stereocenters. The van der Waals surface area contributed by atoms with Crippen molar-refractivity contribution in [1.29, 1.82) is 0 Å². The van der Waals surface area contributed by atoms with Crippen molar-refractivity contribution < 1.29 is 9.32 Å². The van der Waals surface area contributed by atoms with Crippen molar-refractivity contribution in [1.82, 2.24) is 25.1 Å². The molecule has 3 aromatic rings. The molecule has 0 aromatic carbocycles. The van der Waals surface area contributed by atoms with Gasteiger partial charge in [0.05, 0.1) is 5.92 Å². The molecular formula is C17H19N7O2. The van der Waals surface area contributed by atoms with Crippen LogP contribution in [0.15, 0.2) is 41.2 Å². The van der Waals surface area contributed by atoms with Crippen LogP contribution in [0.1, 0.15) is 18.6 Å². The highest BCUT2D eigenvalue weighted by atomic mass is 16.5. The van der Waals surface area contributed by atoms with E-state index < -0.39 is 0 Å².